The molecule has 0 bridgehead atoms. The van der Waals surface area contributed by atoms with Crippen molar-refractivity contribution in [3.05, 3.63) is 24.3 Å². The van der Waals surface area contributed by atoms with Crippen molar-refractivity contribution < 1.29 is 14.3 Å². The molecule has 2 rings (SSSR count). The third-order valence-electron chi connectivity index (χ3n) is 6.50. The molecule has 0 aromatic carbocycles. The fourth-order valence-electron chi connectivity index (χ4n) is 4.47. The van der Waals surface area contributed by atoms with Crippen LogP contribution < -0.4 is 0 Å². The van der Waals surface area contributed by atoms with Crippen LogP contribution in [0.25, 0.3) is 0 Å². The van der Waals surface area contributed by atoms with E-state index in [9.17, 15) is 9.59 Å². The van der Waals surface area contributed by atoms with Crippen LogP contribution in [0, 0.1) is 47.3 Å². The highest BCUT2D eigenvalue weighted by Gasteiger charge is 2.36. The zero-order valence-corrected chi connectivity index (χ0v) is 18.7. The summed E-state index contributed by atoms with van der Waals surface area (Å²) in [6, 6.07) is 0. The Bertz CT molecular complexity index is 659. The standard InChI is InChI=1S/C26H38O3/c1-19(10-9-11-22-14-15-22)25(27)17-16-24-21(3)18-20(2)23(24)12-7-5-6-8-13-26(28)29-4/h8,13,16-17,19-24H,5-7,10,12,14-15,18H2,1-4H3/b13-8+,17-16+/t19-,20-,21+,23-,24-/m0/s1. The largest absolute Gasteiger partial charge is 0.466 e. The Balaban J connectivity index is 1.79. The maximum Gasteiger partial charge on any atom is 0.330 e. The summed E-state index contributed by atoms with van der Waals surface area (Å²) in [5.41, 5.74) is 0. The molecule has 0 heterocycles. The van der Waals surface area contributed by atoms with Crippen molar-refractivity contribution >= 4 is 11.8 Å². The second-order valence-electron chi connectivity index (χ2n) is 9.10. The summed E-state index contributed by atoms with van der Waals surface area (Å²) >= 11 is 0. The molecule has 0 N–H and O–H groups in total. The fourth-order valence-corrected chi connectivity index (χ4v) is 4.47. The maximum absolute atomic E-state index is 12.5. The summed E-state index contributed by atoms with van der Waals surface area (Å²) in [5, 5.41) is 0. The Kier molecular flexibility index (Phi) is 9.71. The van der Waals surface area contributed by atoms with Crippen LogP contribution in [0.5, 0.6) is 0 Å². The molecule has 0 unspecified atom stereocenters. The Morgan fingerprint density at radius 1 is 1.14 bits per heavy atom. The van der Waals surface area contributed by atoms with Crippen molar-refractivity contribution in [1.29, 1.82) is 0 Å². The van der Waals surface area contributed by atoms with Crippen molar-refractivity contribution in [3.63, 3.8) is 0 Å². The summed E-state index contributed by atoms with van der Waals surface area (Å²) in [4.78, 5) is 23.6. The van der Waals surface area contributed by atoms with Crippen molar-refractivity contribution in [3.8, 4) is 11.8 Å². The zero-order chi connectivity index (χ0) is 21.2. The molecule has 0 aromatic rings. The number of ether oxygens (including phenoxy) is 1. The number of ketones is 1. The third-order valence-corrected chi connectivity index (χ3v) is 6.50. The number of methoxy groups -OCH3 is 1. The maximum atomic E-state index is 12.5. The molecule has 0 amide bonds. The predicted molar refractivity (Wildman–Crippen MR) is 118 cm³/mol. The van der Waals surface area contributed by atoms with Gasteiger partial charge in [0.2, 0.25) is 0 Å². The molecule has 2 aliphatic carbocycles. The number of hydrogen-bond acceptors (Lipinski definition) is 3. The monoisotopic (exact) mass is 398 g/mol. The van der Waals surface area contributed by atoms with Crippen LogP contribution in [0.2, 0.25) is 0 Å². The van der Waals surface area contributed by atoms with E-state index in [1.54, 1.807) is 0 Å². The molecule has 160 valence electrons. The van der Waals surface area contributed by atoms with E-state index in [-0.39, 0.29) is 17.7 Å². The first-order valence-corrected chi connectivity index (χ1v) is 11.4. The highest BCUT2D eigenvalue weighted by molar-refractivity contribution is 5.91. The highest BCUT2D eigenvalue weighted by Crippen LogP contribution is 2.44. The van der Waals surface area contributed by atoms with Crippen LogP contribution in [-0.4, -0.2) is 18.9 Å². The van der Waals surface area contributed by atoms with Crippen molar-refractivity contribution in [2.45, 2.75) is 72.1 Å². The van der Waals surface area contributed by atoms with Gasteiger partial charge in [0.1, 0.15) is 0 Å². The van der Waals surface area contributed by atoms with Gasteiger partial charge in [-0.1, -0.05) is 45.3 Å². The second-order valence-corrected chi connectivity index (χ2v) is 9.10. The fraction of sp³-hybridized carbons (Fsp3) is 0.692. The summed E-state index contributed by atoms with van der Waals surface area (Å²) in [6.07, 6.45) is 16.1. The molecule has 29 heavy (non-hydrogen) atoms. The Morgan fingerprint density at radius 3 is 2.59 bits per heavy atom. The van der Waals surface area contributed by atoms with Gasteiger partial charge in [-0.25, -0.2) is 4.79 Å². The lowest BCUT2D eigenvalue weighted by molar-refractivity contribution is -0.134. The average molecular weight is 399 g/mol. The smallest absolute Gasteiger partial charge is 0.330 e. The van der Waals surface area contributed by atoms with Crippen LogP contribution in [0.3, 0.4) is 0 Å². The molecule has 3 heteroatoms. The number of allylic oxidation sites excluding steroid dienone is 3. The molecule has 3 nitrogen and oxygen atoms in total. The number of hydrogen-bond donors (Lipinski definition) is 0. The van der Waals surface area contributed by atoms with E-state index in [0.717, 1.165) is 19.3 Å². The van der Waals surface area contributed by atoms with E-state index >= 15 is 0 Å². The first kappa shape index (κ1) is 23.5. The number of unbranched alkanes of at least 4 members (excludes halogenated alkanes) is 2. The number of carbonyl (C=O) groups excluding carboxylic acids is 2. The SMILES string of the molecule is COC(=O)/C=C/CCCC[C@@H]1[C@@H](/C=C/C(=O)[C@@H](C)CC#CC2CC2)[C@H](C)C[C@@H]1C. The molecule has 0 spiro atoms. The van der Waals surface area contributed by atoms with Crippen molar-refractivity contribution in [1.82, 2.24) is 0 Å². The van der Waals surface area contributed by atoms with Gasteiger partial charge in [0, 0.05) is 24.3 Å². The van der Waals surface area contributed by atoms with Gasteiger partial charge < -0.3 is 4.74 Å². The summed E-state index contributed by atoms with van der Waals surface area (Å²) < 4.78 is 4.61. The van der Waals surface area contributed by atoms with Gasteiger partial charge >= 0.3 is 5.97 Å². The van der Waals surface area contributed by atoms with E-state index in [4.69, 9.17) is 0 Å². The van der Waals surface area contributed by atoms with E-state index in [2.05, 4.69) is 36.5 Å². The van der Waals surface area contributed by atoms with Crippen LogP contribution in [-0.2, 0) is 14.3 Å². The first-order chi connectivity index (χ1) is 13.9. The second kappa shape index (κ2) is 12.0. The lowest BCUT2D eigenvalue weighted by Gasteiger charge is -2.22. The van der Waals surface area contributed by atoms with Gasteiger partial charge in [-0.3, -0.25) is 4.79 Å². The molecular formula is C26H38O3. The van der Waals surface area contributed by atoms with E-state index in [1.807, 2.05) is 19.1 Å². The number of esters is 1. The summed E-state index contributed by atoms with van der Waals surface area (Å²) in [5.74, 6) is 9.43. The lowest BCUT2D eigenvalue weighted by Crippen LogP contribution is -2.15. The molecule has 0 aliphatic heterocycles. The van der Waals surface area contributed by atoms with E-state index < -0.39 is 0 Å². The Morgan fingerprint density at radius 2 is 1.90 bits per heavy atom. The molecule has 2 fully saturated rings. The van der Waals surface area contributed by atoms with Gasteiger partial charge in [-0.05, 0) is 68.3 Å². The topological polar surface area (TPSA) is 43.4 Å². The minimum Gasteiger partial charge on any atom is -0.466 e. The van der Waals surface area contributed by atoms with E-state index in [1.165, 1.54) is 38.9 Å². The van der Waals surface area contributed by atoms with Gasteiger partial charge in [-0.15, -0.1) is 5.92 Å². The Labute approximate surface area is 177 Å². The lowest BCUT2D eigenvalue weighted by atomic mass is 9.83. The van der Waals surface area contributed by atoms with Crippen LogP contribution >= 0.6 is 0 Å². The quantitative estimate of drug-likeness (QED) is 0.204. The van der Waals surface area contributed by atoms with Gasteiger partial charge in [0.15, 0.2) is 5.78 Å². The van der Waals surface area contributed by atoms with Crippen LogP contribution in [0.1, 0.15) is 72.1 Å². The summed E-state index contributed by atoms with van der Waals surface area (Å²) in [7, 11) is 1.40. The van der Waals surface area contributed by atoms with E-state index in [0.29, 0.717) is 36.0 Å². The Hall–Kier alpha value is -1.82. The predicted octanol–water partition coefficient (Wildman–Crippen LogP) is 5.75. The number of carbonyl (C=O) groups is 2. The molecular weight excluding hydrogens is 360 g/mol. The molecule has 5 atom stereocenters. The average Bonchev–Trinajstić information content (AvgIpc) is 3.47. The van der Waals surface area contributed by atoms with Gasteiger partial charge in [0.05, 0.1) is 7.11 Å². The zero-order valence-electron chi connectivity index (χ0n) is 18.7. The minimum atomic E-state index is -0.286. The third kappa shape index (κ3) is 8.21. The van der Waals surface area contributed by atoms with Crippen LogP contribution in [0.4, 0.5) is 0 Å². The summed E-state index contributed by atoms with van der Waals surface area (Å²) in [6.45, 7) is 6.66. The molecule has 0 radical (unpaired) electrons. The van der Waals surface area contributed by atoms with Crippen molar-refractivity contribution in [2.24, 2.45) is 35.5 Å². The first-order valence-electron chi connectivity index (χ1n) is 11.4. The minimum absolute atomic E-state index is 0.00770. The van der Waals surface area contributed by atoms with Gasteiger partial charge in [-0.2, -0.15) is 0 Å². The number of rotatable bonds is 10. The normalized spacial score (nSPS) is 27.7. The van der Waals surface area contributed by atoms with Crippen LogP contribution in [0.15, 0.2) is 24.3 Å². The van der Waals surface area contributed by atoms with Gasteiger partial charge in [0.25, 0.3) is 0 Å². The molecule has 2 aliphatic rings. The molecule has 2 saturated carbocycles. The van der Waals surface area contributed by atoms with Crippen molar-refractivity contribution in [2.75, 3.05) is 7.11 Å². The molecule has 0 saturated heterocycles. The highest BCUT2D eigenvalue weighted by atomic mass is 16.5. The molecule has 0 aromatic heterocycles.